The largest absolute Gasteiger partial charge is 0.478 e. The Balaban J connectivity index is 2.84. The number of carboxylic acid groups (broad SMARTS) is 1. The first-order valence-electron chi connectivity index (χ1n) is 6.86. The minimum atomic E-state index is -2.08. The minimum Gasteiger partial charge on any atom is -0.478 e. The van der Waals surface area contributed by atoms with Gasteiger partial charge in [-0.15, -0.1) is 11.3 Å². The van der Waals surface area contributed by atoms with Crippen molar-refractivity contribution in [1.29, 1.82) is 0 Å². The first kappa shape index (κ1) is 19.2. The highest BCUT2D eigenvalue weighted by atomic mass is 35.5. The summed E-state index contributed by atoms with van der Waals surface area (Å²) in [7, 11) is -2.08. The molecule has 0 spiro atoms. The van der Waals surface area contributed by atoms with Gasteiger partial charge in [0, 0.05) is 5.38 Å². The molecule has 1 atom stereocenters. The fraction of sp³-hybridized carbons (Fsp3) is 0.571. The molecular weight excluding hydrogens is 342 g/mol. The number of aromatic carboxylic acids is 1. The highest BCUT2D eigenvalue weighted by Crippen LogP contribution is 2.37. The Morgan fingerprint density at radius 1 is 1.41 bits per heavy atom. The van der Waals surface area contributed by atoms with Crippen LogP contribution in [0.15, 0.2) is 5.38 Å². The first-order valence-corrected chi connectivity index (χ1v) is 11.0. The van der Waals surface area contributed by atoms with Crippen LogP contribution >= 0.6 is 22.9 Å². The van der Waals surface area contributed by atoms with Gasteiger partial charge in [-0.05, 0) is 25.1 Å². The summed E-state index contributed by atoms with van der Waals surface area (Å²) in [5.74, 6) is -1.54. The van der Waals surface area contributed by atoms with Crippen LogP contribution < -0.4 is 5.32 Å². The van der Waals surface area contributed by atoms with Crippen LogP contribution in [0.4, 0.5) is 5.00 Å². The van der Waals surface area contributed by atoms with Crippen molar-refractivity contribution < 1.29 is 19.1 Å². The molecule has 2 N–H and O–H groups in total. The van der Waals surface area contributed by atoms with Gasteiger partial charge in [0.15, 0.2) is 8.32 Å². The Morgan fingerprint density at radius 3 is 2.41 bits per heavy atom. The fourth-order valence-corrected chi connectivity index (χ4v) is 4.04. The lowest BCUT2D eigenvalue weighted by atomic mass is 10.2. The second-order valence-electron chi connectivity index (χ2n) is 6.60. The lowest BCUT2D eigenvalue weighted by Crippen LogP contribution is -2.46. The van der Waals surface area contributed by atoms with Gasteiger partial charge in [-0.2, -0.15) is 0 Å². The van der Waals surface area contributed by atoms with E-state index < -0.39 is 20.4 Å². The van der Waals surface area contributed by atoms with Crippen LogP contribution in [-0.4, -0.2) is 31.4 Å². The van der Waals surface area contributed by atoms with Crippen LogP contribution in [0.3, 0.4) is 0 Å². The zero-order valence-electron chi connectivity index (χ0n) is 13.6. The molecule has 5 nitrogen and oxygen atoms in total. The van der Waals surface area contributed by atoms with Gasteiger partial charge < -0.3 is 14.8 Å². The van der Waals surface area contributed by atoms with Crippen molar-refractivity contribution in [2.24, 2.45) is 0 Å². The molecule has 0 radical (unpaired) electrons. The summed E-state index contributed by atoms with van der Waals surface area (Å²) < 4.78 is 5.99. The average molecular weight is 364 g/mol. The topological polar surface area (TPSA) is 75.6 Å². The summed E-state index contributed by atoms with van der Waals surface area (Å²) in [4.78, 5) is 23.4. The van der Waals surface area contributed by atoms with E-state index in [0.717, 1.165) is 11.3 Å². The molecule has 0 saturated heterocycles. The maximum Gasteiger partial charge on any atom is 0.340 e. The van der Waals surface area contributed by atoms with E-state index in [-0.39, 0.29) is 26.5 Å². The molecule has 1 aromatic rings. The van der Waals surface area contributed by atoms with Crippen molar-refractivity contribution in [3.8, 4) is 0 Å². The van der Waals surface area contributed by atoms with Crippen LogP contribution in [-0.2, 0) is 9.22 Å². The molecule has 0 aliphatic rings. The highest BCUT2D eigenvalue weighted by Gasteiger charge is 2.39. The summed E-state index contributed by atoms with van der Waals surface area (Å²) in [5, 5.41) is 13.5. The summed E-state index contributed by atoms with van der Waals surface area (Å²) >= 11 is 6.91. The summed E-state index contributed by atoms with van der Waals surface area (Å²) in [6.45, 7) is 12.1. The number of hydrogen-bond donors (Lipinski definition) is 2. The lowest BCUT2D eigenvalue weighted by Gasteiger charge is -2.37. The van der Waals surface area contributed by atoms with Gasteiger partial charge in [-0.3, -0.25) is 4.79 Å². The van der Waals surface area contributed by atoms with Crippen molar-refractivity contribution in [3.63, 3.8) is 0 Å². The fourth-order valence-electron chi connectivity index (χ4n) is 1.51. The van der Waals surface area contributed by atoms with Crippen LogP contribution in [0.2, 0.25) is 23.2 Å². The number of carboxylic acids is 1. The van der Waals surface area contributed by atoms with E-state index in [1.165, 1.54) is 5.38 Å². The van der Waals surface area contributed by atoms with Gasteiger partial charge in [-0.25, -0.2) is 4.79 Å². The predicted octanol–water partition coefficient (Wildman–Crippen LogP) is 4.45. The number of anilines is 1. The highest BCUT2D eigenvalue weighted by molar-refractivity contribution is 7.15. The Morgan fingerprint density at radius 2 is 1.95 bits per heavy atom. The molecule has 0 saturated carbocycles. The van der Waals surface area contributed by atoms with Crippen molar-refractivity contribution in [2.45, 2.75) is 51.9 Å². The first-order chi connectivity index (χ1) is 9.86. The van der Waals surface area contributed by atoms with Gasteiger partial charge in [0.2, 0.25) is 0 Å². The Hall–Kier alpha value is -0.893. The molecule has 1 amide bonds. The smallest absolute Gasteiger partial charge is 0.340 e. The number of amides is 1. The molecule has 8 heteroatoms. The Kier molecular flexibility index (Phi) is 5.83. The number of rotatable bonds is 5. The third-order valence-corrected chi connectivity index (χ3v) is 9.72. The molecule has 0 aromatic carbocycles. The summed E-state index contributed by atoms with van der Waals surface area (Å²) in [5.41, 5.74) is -0.0838. The van der Waals surface area contributed by atoms with E-state index in [4.69, 9.17) is 21.1 Å². The van der Waals surface area contributed by atoms with Crippen molar-refractivity contribution in [3.05, 3.63) is 16.0 Å². The minimum absolute atomic E-state index is 0.0139. The van der Waals surface area contributed by atoms with E-state index >= 15 is 0 Å². The maximum atomic E-state index is 12.3. The van der Waals surface area contributed by atoms with Gasteiger partial charge >= 0.3 is 5.97 Å². The van der Waals surface area contributed by atoms with Crippen LogP contribution in [0, 0.1) is 0 Å². The third kappa shape index (κ3) is 4.31. The van der Waals surface area contributed by atoms with E-state index in [9.17, 15) is 9.59 Å². The predicted molar refractivity (Wildman–Crippen MR) is 92.7 cm³/mol. The second kappa shape index (κ2) is 6.70. The third-order valence-electron chi connectivity index (χ3n) is 3.84. The quantitative estimate of drug-likeness (QED) is 0.758. The normalized spacial score (nSPS) is 13.8. The summed E-state index contributed by atoms with van der Waals surface area (Å²) in [6.07, 6.45) is -0.664. The molecule has 1 aromatic heterocycles. The van der Waals surface area contributed by atoms with E-state index in [0.29, 0.717) is 0 Å². The van der Waals surface area contributed by atoms with E-state index in [2.05, 4.69) is 39.2 Å². The molecule has 124 valence electrons. The maximum absolute atomic E-state index is 12.3. The number of hydrogen-bond acceptors (Lipinski definition) is 4. The number of carbonyl (C=O) groups is 2. The molecule has 22 heavy (non-hydrogen) atoms. The zero-order valence-corrected chi connectivity index (χ0v) is 16.2. The molecule has 0 fully saturated rings. The number of thiophene rings is 1. The molecule has 0 aliphatic heterocycles. The lowest BCUT2D eigenvalue weighted by molar-refractivity contribution is -0.122. The molecule has 0 bridgehead atoms. The number of halogens is 1. The average Bonchev–Trinajstić information content (AvgIpc) is 2.68. The summed E-state index contributed by atoms with van der Waals surface area (Å²) in [6, 6.07) is 0. The van der Waals surface area contributed by atoms with Crippen molar-refractivity contribution >= 4 is 48.1 Å². The Labute approximate surface area is 140 Å². The number of carbonyl (C=O) groups excluding carboxylic acids is 1. The molecule has 1 heterocycles. The molecule has 0 aliphatic carbocycles. The van der Waals surface area contributed by atoms with E-state index in [1.807, 2.05) is 0 Å². The van der Waals surface area contributed by atoms with Gasteiger partial charge in [0.1, 0.15) is 16.7 Å². The van der Waals surface area contributed by atoms with Crippen LogP contribution in [0.1, 0.15) is 38.1 Å². The van der Waals surface area contributed by atoms with Gasteiger partial charge in [-0.1, -0.05) is 32.4 Å². The molecule has 1 rings (SSSR count). The van der Waals surface area contributed by atoms with Gasteiger partial charge in [0.05, 0.1) is 5.02 Å². The van der Waals surface area contributed by atoms with Crippen LogP contribution in [0.25, 0.3) is 0 Å². The second-order valence-corrected chi connectivity index (χ2v) is 12.6. The van der Waals surface area contributed by atoms with E-state index in [1.54, 1.807) is 6.92 Å². The van der Waals surface area contributed by atoms with Gasteiger partial charge in [0.25, 0.3) is 5.91 Å². The monoisotopic (exact) mass is 363 g/mol. The SMILES string of the molecule is C[C@H](O[Si](C)(C)C(C)(C)C)C(=O)Nc1scc(Cl)c1C(=O)O. The Bertz CT molecular complexity index is 580. The van der Waals surface area contributed by atoms with Crippen LogP contribution in [0.5, 0.6) is 0 Å². The van der Waals surface area contributed by atoms with Crippen molar-refractivity contribution in [2.75, 3.05) is 5.32 Å². The number of nitrogens with one attached hydrogen (secondary N) is 1. The standard InChI is InChI=1S/C14H22ClNO4SSi/c1-8(20-22(5,6)14(2,3)4)11(17)16-12-10(13(18)19)9(15)7-21-12/h7-8H,1-6H3,(H,16,17)(H,18,19)/t8-/m0/s1. The zero-order chi connectivity index (χ0) is 17.3. The molecule has 0 unspecified atom stereocenters. The molecular formula is C14H22ClNO4SSi. The van der Waals surface area contributed by atoms with Crippen molar-refractivity contribution in [1.82, 2.24) is 0 Å².